The number of carbonyl (C=O) groups is 6. The number of aromatic hydroxyl groups is 1. The van der Waals surface area contributed by atoms with Crippen LogP contribution in [0.15, 0.2) is 127 Å². The number of aliphatic carboxylic acids is 1. The quantitative estimate of drug-likeness (QED) is 0.0190. The molecule has 3 fully saturated rings. The Bertz CT molecular complexity index is 4680. The summed E-state index contributed by atoms with van der Waals surface area (Å²) in [6.07, 6.45) is 3.60. The predicted octanol–water partition coefficient (Wildman–Crippen LogP) is 12.6. The number of phenols is 1. The molecule has 7 N–H and O–H groups in total. The molecule has 3 atom stereocenters. The number of esters is 1. The Morgan fingerprint density at radius 2 is 0.843 bits per heavy atom. The number of methoxy groups -OCH3 is 3. The van der Waals surface area contributed by atoms with Gasteiger partial charge in [-0.15, -0.1) is 11.6 Å². The Morgan fingerprint density at radius 1 is 0.488 bits per heavy atom. The van der Waals surface area contributed by atoms with Gasteiger partial charge in [-0.25, -0.2) is 19.2 Å². The van der Waals surface area contributed by atoms with E-state index in [1.807, 2.05) is 115 Å². The van der Waals surface area contributed by atoms with Crippen LogP contribution in [-0.4, -0.2) is 268 Å². The minimum absolute atomic E-state index is 0. The topological polar surface area (TPSA) is 335 Å². The molecule has 3 unspecified atom stereocenters. The normalized spacial score (nSPS) is 16.3. The summed E-state index contributed by atoms with van der Waals surface area (Å²) < 4.78 is 46.2. The van der Waals surface area contributed by atoms with E-state index in [1.165, 1.54) is 38.6 Å². The van der Waals surface area contributed by atoms with E-state index in [0.29, 0.717) is 98.6 Å². The maximum absolute atomic E-state index is 12.9. The van der Waals surface area contributed by atoms with E-state index < -0.39 is 18.5 Å². The van der Waals surface area contributed by atoms with Gasteiger partial charge in [0.2, 0.25) is 0 Å². The number of piperazine rings is 2. The third kappa shape index (κ3) is 28.0. The van der Waals surface area contributed by atoms with E-state index in [-0.39, 0.29) is 107 Å². The van der Waals surface area contributed by atoms with Gasteiger partial charge in [-0.2, -0.15) is 0 Å². The molecule has 6 aromatic carbocycles. The first kappa shape index (κ1) is 103. The molecule has 3 saturated heterocycles. The molecule has 9 aromatic rings. The number of carbonyl (C=O) groups excluding carboxylic acids is 5. The van der Waals surface area contributed by atoms with Crippen LogP contribution < -0.4 is 33.7 Å². The summed E-state index contributed by atoms with van der Waals surface area (Å²) in [6.45, 7) is 20.6. The molecule has 4 amide bonds. The average Bonchev–Trinajstić information content (AvgIpc) is 1.64. The molecule has 0 bridgehead atoms. The van der Waals surface area contributed by atoms with Crippen molar-refractivity contribution in [3.8, 4) is 17.2 Å². The first-order chi connectivity index (χ1) is 56.3. The van der Waals surface area contributed by atoms with E-state index in [1.54, 1.807) is 67.0 Å². The van der Waals surface area contributed by atoms with Crippen molar-refractivity contribution in [2.24, 2.45) is 0 Å². The third-order valence-corrected chi connectivity index (χ3v) is 21.3. The van der Waals surface area contributed by atoms with Crippen LogP contribution in [0, 0.1) is 0 Å². The SMILES string of the molecule is C.C.C.C1CCOC1.CCOC(=O)N1CCc2c([nH]c3ccc(Cl)cc23)C1c1ccc(O)cc1.CCOC(=O)N1CCc2c([nH]c3ccc(Cl)cc23)C1c1ccc(OCC(=O)N2CCN(CCOC)CC2)cc1.CCOC(=O)N1CCc2c([nH]c3ccc(Cl)cc23)C1c1ccc(OCC(=O)O)cc1.COC(=O)CCl.COCCN1CCNCC1.[Li+].[OH-]. The zero-order valence-electron chi connectivity index (χ0n) is 67.8. The molecule has 3 aromatic heterocycles. The molecule has 0 aliphatic carbocycles. The van der Waals surface area contributed by atoms with Gasteiger partial charge in [-0.3, -0.25) is 34.1 Å². The Labute approximate surface area is 741 Å². The van der Waals surface area contributed by atoms with Crippen molar-refractivity contribution in [3.63, 3.8) is 0 Å². The number of hydrogen-bond acceptors (Lipinski definition) is 20. The molecular weight excluding hydrogens is 1630 g/mol. The largest absolute Gasteiger partial charge is 1.00 e. The van der Waals surface area contributed by atoms with Gasteiger partial charge in [0.1, 0.15) is 41.3 Å². The van der Waals surface area contributed by atoms with Crippen LogP contribution in [0.5, 0.6) is 17.2 Å². The Hall–Kier alpha value is -8.96. The maximum atomic E-state index is 12.9. The molecular formula is C88H117Cl4LiN10O18. The van der Waals surface area contributed by atoms with Gasteiger partial charge in [-0.05, 0) is 177 Å². The standard InChI is InChI=1S/C29H35ClN4O5.C22H21ClN2O5.C20H19ClN2O3.C7H16N2O.C4H8O.C3H5ClO2.3CH4.Li.H2O/c1-3-38-29(36)34-11-10-23-24-18-21(30)6-9-25(24)31-27(23)28(34)20-4-7-22(8-5-20)39-19-26(35)33-14-12-32(13-15-33)16-17-37-2;1-2-29-22(28)25-10-9-16-17-11-14(23)5-8-18(17)24-20(16)21(25)13-3-6-15(7-4-13)30-12-19(26)27;1-2-26-20(25)23-10-9-15-16-11-13(21)5-8-17(16)22-18(15)19(23)12-3-6-14(24)7-4-12;1-10-7-6-9-4-2-8-3-5-9;1-2-4-5-3-1;1-6-3(5)2-4;;;;;/h4-9,18,28,31H,3,10-17,19H2,1-2H3;3-8,11,21,24H,2,9-10,12H2,1H3,(H,26,27);3-8,11,19,22,24H,2,9-10H2,1H3;8H,2-7H2,1H3;1-4H2;2H2,1H3;3*1H4;;1H2/q;;;;;;;;;+1;/p-1. The van der Waals surface area contributed by atoms with Gasteiger partial charge in [0.05, 0.1) is 40.1 Å². The number of hydrogen-bond donors (Lipinski definition) is 6. The molecule has 0 saturated carbocycles. The fraction of sp³-hybridized carbons (Fsp3) is 0.455. The molecule has 33 heteroatoms. The van der Waals surface area contributed by atoms with Crippen LogP contribution in [-0.2, 0) is 66.8 Å². The van der Waals surface area contributed by atoms with Crippen molar-refractivity contribution in [2.45, 2.75) is 93.3 Å². The first-order valence-corrected chi connectivity index (χ1v) is 40.7. The molecule has 9 heterocycles. The second-order valence-electron chi connectivity index (χ2n) is 27.8. The first-order valence-electron chi connectivity index (χ1n) is 39.1. The van der Waals surface area contributed by atoms with Crippen molar-refractivity contribution in [1.82, 2.24) is 49.7 Å². The molecule has 0 spiro atoms. The smallest absolute Gasteiger partial charge is 0.870 e. The summed E-state index contributed by atoms with van der Waals surface area (Å²) in [5.74, 6) is -0.270. The number of benzene rings is 6. The number of H-pyrrole nitrogens is 3. The van der Waals surface area contributed by atoms with Crippen molar-refractivity contribution in [3.05, 3.63) is 193 Å². The van der Waals surface area contributed by atoms with Crippen LogP contribution in [0.3, 0.4) is 0 Å². The van der Waals surface area contributed by atoms with Crippen molar-refractivity contribution < 1.29 is 106 Å². The van der Waals surface area contributed by atoms with E-state index >= 15 is 0 Å². The van der Waals surface area contributed by atoms with Gasteiger partial charge in [0.25, 0.3) is 5.91 Å². The van der Waals surface area contributed by atoms with Gasteiger partial charge in [-0.1, -0.05) is 93.5 Å². The molecule has 28 nitrogen and oxygen atoms in total. The number of fused-ring (bicyclic) bond motifs is 9. The number of carboxylic acid groups (broad SMARTS) is 1. The van der Waals surface area contributed by atoms with E-state index in [0.717, 1.165) is 143 Å². The van der Waals surface area contributed by atoms with Crippen LogP contribution in [0.4, 0.5) is 14.4 Å². The van der Waals surface area contributed by atoms with Crippen molar-refractivity contribution >= 4 is 115 Å². The summed E-state index contributed by atoms with van der Waals surface area (Å²) in [5, 5.41) is 26.9. The van der Waals surface area contributed by atoms with E-state index in [2.05, 4.69) is 34.8 Å². The van der Waals surface area contributed by atoms with Gasteiger partial charge in [0, 0.05) is 177 Å². The number of aromatic nitrogens is 3. The monoisotopic (exact) mass is 1750 g/mol. The molecule has 6 aliphatic rings. The average molecular weight is 1750 g/mol. The van der Waals surface area contributed by atoms with Crippen LogP contribution in [0.1, 0.15) is 124 Å². The van der Waals surface area contributed by atoms with E-state index in [4.69, 9.17) is 89.4 Å². The number of ether oxygens (including phenoxy) is 9. The van der Waals surface area contributed by atoms with Crippen LogP contribution in [0.25, 0.3) is 32.7 Å². The summed E-state index contributed by atoms with van der Waals surface area (Å²) in [5.41, 5.74) is 11.9. The van der Waals surface area contributed by atoms with Gasteiger partial charge >= 0.3 is 49.1 Å². The summed E-state index contributed by atoms with van der Waals surface area (Å²) in [6, 6.07) is 37.8. The number of halogens is 4. The van der Waals surface area contributed by atoms with Crippen LogP contribution in [0.2, 0.25) is 15.1 Å². The number of carboxylic acids is 1. The molecule has 15 rings (SSSR count). The zero-order chi connectivity index (χ0) is 82.6. The fourth-order valence-corrected chi connectivity index (χ4v) is 15.3. The molecule has 656 valence electrons. The Morgan fingerprint density at radius 3 is 1.16 bits per heavy atom. The summed E-state index contributed by atoms with van der Waals surface area (Å²) in [4.78, 5) is 93.6. The number of phenolic OH excluding ortho intramolecular Hbond substituents is 1. The van der Waals surface area contributed by atoms with E-state index in [9.17, 15) is 33.9 Å². The zero-order valence-corrected chi connectivity index (χ0v) is 70.8. The molecule has 0 radical (unpaired) electrons. The molecule has 121 heavy (non-hydrogen) atoms. The second kappa shape index (κ2) is 51.8. The van der Waals surface area contributed by atoms with Gasteiger partial charge < -0.3 is 83.5 Å². The Kier molecular flexibility index (Phi) is 44.0. The van der Waals surface area contributed by atoms with Crippen LogP contribution >= 0.6 is 46.4 Å². The summed E-state index contributed by atoms with van der Waals surface area (Å²) >= 11 is 23.7. The minimum Gasteiger partial charge on any atom is -0.870 e. The fourth-order valence-electron chi connectivity index (χ4n) is 14.7. The number of amides is 4. The van der Waals surface area contributed by atoms with Gasteiger partial charge in [0.15, 0.2) is 13.2 Å². The third-order valence-electron chi connectivity index (χ3n) is 20.4. The second-order valence-corrected chi connectivity index (χ2v) is 29.4. The summed E-state index contributed by atoms with van der Waals surface area (Å²) in [7, 11) is 4.75. The number of alkyl halides is 1. The number of rotatable bonds is 19. The minimum atomic E-state index is -1.04. The predicted molar refractivity (Wildman–Crippen MR) is 468 cm³/mol. The maximum Gasteiger partial charge on any atom is 1.00 e. The number of aromatic amines is 3. The number of nitrogens with one attached hydrogen (secondary N) is 4. The number of nitrogens with zero attached hydrogens (tertiary/aromatic N) is 6. The Balaban J connectivity index is 0.000000285. The van der Waals surface area contributed by atoms with Crippen molar-refractivity contribution in [1.29, 1.82) is 0 Å². The van der Waals surface area contributed by atoms with Crippen molar-refractivity contribution in [2.75, 3.05) is 172 Å². The molecule has 6 aliphatic heterocycles.